The van der Waals surface area contributed by atoms with Gasteiger partial charge in [-0.2, -0.15) is 4.31 Å². The van der Waals surface area contributed by atoms with Crippen molar-refractivity contribution in [1.29, 1.82) is 0 Å². The number of amides is 1. The number of hydrogen-bond donors (Lipinski definition) is 2. The Labute approximate surface area is 122 Å². The molecule has 1 fully saturated rings. The summed E-state index contributed by atoms with van der Waals surface area (Å²) in [5.74, 6) is 4.36. The quantitative estimate of drug-likeness (QED) is 0.488. The molecular weight excluding hydrogens is 302 g/mol. The molecule has 1 amide bonds. The molecule has 110 valence electrons. The molecule has 1 aliphatic rings. The summed E-state index contributed by atoms with van der Waals surface area (Å²) in [6, 6.07) is 5.99. The van der Waals surface area contributed by atoms with Crippen LogP contribution in [0.2, 0.25) is 5.02 Å². The summed E-state index contributed by atoms with van der Waals surface area (Å²) in [7, 11) is -3.60. The Kier molecular flexibility index (Phi) is 4.64. The number of hydrazine groups is 1. The number of nitrogens with two attached hydrogens (primary N) is 1. The third-order valence-corrected chi connectivity index (χ3v) is 5.48. The van der Waals surface area contributed by atoms with E-state index in [-0.39, 0.29) is 17.3 Å². The van der Waals surface area contributed by atoms with Crippen LogP contribution in [0.3, 0.4) is 0 Å². The fraction of sp³-hybridized carbons (Fsp3) is 0.417. The van der Waals surface area contributed by atoms with Gasteiger partial charge in [0.2, 0.25) is 15.9 Å². The average molecular weight is 318 g/mol. The highest BCUT2D eigenvalue weighted by Gasteiger charge is 2.32. The van der Waals surface area contributed by atoms with Gasteiger partial charge in [0.05, 0.1) is 10.8 Å². The van der Waals surface area contributed by atoms with Crippen LogP contribution in [0, 0.1) is 5.92 Å². The van der Waals surface area contributed by atoms with Crippen LogP contribution in [0.5, 0.6) is 0 Å². The first-order valence-corrected chi connectivity index (χ1v) is 8.03. The van der Waals surface area contributed by atoms with Crippen molar-refractivity contribution in [2.24, 2.45) is 11.8 Å². The van der Waals surface area contributed by atoms with Crippen LogP contribution in [0.4, 0.5) is 0 Å². The van der Waals surface area contributed by atoms with Gasteiger partial charge in [0.15, 0.2) is 0 Å². The molecule has 0 bridgehead atoms. The minimum absolute atomic E-state index is 0.147. The Hall–Kier alpha value is -1.15. The number of nitrogens with one attached hydrogen (secondary N) is 1. The van der Waals surface area contributed by atoms with Crippen molar-refractivity contribution < 1.29 is 13.2 Å². The first-order chi connectivity index (χ1) is 9.45. The predicted molar refractivity (Wildman–Crippen MR) is 75.3 cm³/mol. The van der Waals surface area contributed by atoms with Crippen molar-refractivity contribution in [1.82, 2.24) is 9.73 Å². The van der Waals surface area contributed by atoms with E-state index in [0.29, 0.717) is 24.4 Å². The molecule has 1 aromatic carbocycles. The minimum Gasteiger partial charge on any atom is -0.294 e. The van der Waals surface area contributed by atoms with Crippen LogP contribution in [0.1, 0.15) is 12.8 Å². The molecule has 1 atom stereocenters. The Morgan fingerprint density at radius 2 is 2.00 bits per heavy atom. The van der Waals surface area contributed by atoms with E-state index in [1.165, 1.54) is 28.6 Å². The normalized spacial score (nSPS) is 20.6. The highest BCUT2D eigenvalue weighted by molar-refractivity contribution is 7.89. The van der Waals surface area contributed by atoms with Crippen molar-refractivity contribution in [3.63, 3.8) is 0 Å². The van der Waals surface area contributed by atoms with Gasteiger partial charge in [0, 0.05) is 18.1 Å². The smallest absolute Gasteiger partial charge is 0.243 e. The van der Waals surface area contributed by atoms with E-state index in [1.807, 2.05) is 0 Å². The van der Waals surface area contributed by atoms with Crippen molar-refractivity contribution >= 4 is 27.5 Å². The summed E-state index contributed by atoms with van der Waals surface area (Å²) in [4.78, 5) is 11.7. The van der Waals surface area contributed by atoms with E-state index in [9.17, 15) is 13.2 Å². The maximum Gasteiger partial charge on any atom is 0.243 e. The molecule has 0 aliphatic carbocycles. The second kappa shape index (κ2) is 6.09. The summed E-state index contributed by atoms with van der Waals surface area (Å²) in [6.45, 7) is 0.549. The van der Waals surface area contributed by atoms with Gasteiger partial charge in [-0.25, -0.2) is 14.3 Å². The highest BCUT2D eigenvalue weighted by atomic mass is 35.5. The molecule has 1 heterocycles. The highest BCUT2D eigenvalue weighted by Crippen LogP contribution is 2.24. The number of piperidine rings is 1. The number of carbonyl (C=O) groups is 1. The van der Waals surface area contributed by atoms with Gasteiger partial charge in [0.1, 0.15) is 0 Å². The first kappa shape index (κ1) is 15.2. The number of hydrogen-bond acceptors (Lipinski definition) is 4. The van der Waals surface area contributed by atoms with Gasteiger partial charge in [-0.1, -0.05) is 11.6 Å². The maximum atomic E-state index is 12.5. The minimum atomic E-state index is -3.60. The number of nitrogens with zero attached hydrogens (tertiary/aromatic N) is 1. The number of benzene rings is 1. The molecule has 6 nitrogen and oxygen atoms in total. The Morgan fingerprint density at radius 1 is 1.35 bits per heavy atom. The molecule has 0 aromatic heterocycles. The molecule has 1 saturated heterocycles. The predicted octanol–water partition coefficient (Wildman–Crippen LogP) is 0.731. The lowest BCUT2D eigenvalue weighted by Gasteiger charge is -2.30. The zero-order valence-electron chi connectivity index (χ0n) is 10.8. The average Bonchev–Trinajstić information content (AvgIpc) is 2.47. The van der Waals surface area contributed by atoms with Crippen LogP contribution >= 0.6 is 11.6 Å². The van der Waals surface area contributed by atoms with Crippen LogP contribution in [0.25, 0.3) is 0 Å². The molecule has 2 rings (SSSR count). The van der Waals surface area contributed by atoms with E-state index >= 15 is 0 Å². The molecule has 0 radical (unpaired) electrons. The van der Waals surface area contributed by atoms with Gasteiger partial charge in [-0.15, -0.1) is 0 Å². The van der Waals surface area contributed by atoms with E-state index < -0.39 is 15.9 Å². The molecule has 1 aromatic rings. The van der Waals surface area contributed by atoms with Crippen molar-refractivity contribution in [2.45, 2.75) is 17.7 Å². The van der Waals surface area contributed by atoms with E-state index in [1.54, 1.807) is 0 Å². The van der Waals surface area contributed by atoms with E-state index in [4.69, 9.17) is 17.4 Å². The van der Waals surface area contributed by atoms with Crippen LogP contribution < -0.4 is 11.3 Å². The van der Waals surface area contributed by atoms with Crippen LogP contribution in [-0.2, 0) is 14.8 Å². The van der Waals surface area contributed by atoms with E-state index in [2.05, 4.69) is 5.43 Å². The second-order valence-electron chi connectivity index (χ2n) is 4.66. The molecule has 0 unspecified atom stereocenters. The fourth-order valence-electron chi connectivity index (χ4n) is 2.25. The molecule has 0 saturated carbocycles. The standard InChI is InChI=1S/C12H16ClN3O3S/c13-10-3-5-11(6-4-10)20(18,19)16-7-1-2-9(8-16)12(17)15-14/h3-6,9H,1-2,7-8,14H2,(H,15,17)/t9-/m0/s1. The van der Waals surface area contributed by atoms with Gasteiger partial charge < -0.3 is 0 Å². The van der Waals surface area contributed by atoms with Crippen LogP contribution in [0.15, 0.2) is 29.2 Å². The second-order valence-corrected chi connectivity index (χ2v) is 7.04. The monoisotopic (exact) mass is 317 g/mol. The number of halogens is 1. The van der Waals surface area contributed by atoms with Crippen molar-refractivity contribution in [2.75, 3.05) is 13.1 Å². The third-order valence-electron chi connectivity index (χ3n) is 3.35. The lowest BCUT2D eigenvalue weighted by molar-refractivity contribution is -0.126. The first-order valence-electron chi connectivity index (χ1n) is 6.21. The summed E-state index contributed by atoms with van der Waals surface area (Å²) in [5, 5.41) is 0.475. The van der Waals surface area contributed by atoms with Gasteiger partial charge in [0.25, 0.3) is 0 Å². The summed E-state index contributed by atoms with van der Waals surface area (Å²) < 4.78 is 26.3. The molecule has 3 N–H and O–H groups in total. The van der Waals surface area contributed by atoms with Crippen molar-refractivity contribution in [3.05, 3.63) is 29.3 Å². The maximum absolute atomic E-state index is 12.5. The summed E-state index contributed by atoms with van der Waals surface area (Å²) in [5.41, 5.74) is 2.08. The topological polar surface area (TPSA) is 92.5 Å². The molecular formula is C12H16ClN3O3S. The Balaban J connectivity index is 2.21. The van der Waals surface area contributed by atoms with Crippen LogP contribution in [-0.4, -0.2) is 31.7 Å². The summed E-state index contributed by atoms with van der Waals surface area (Å²) >= 11 is 5.76. The van der Waals surface area contributed by atoms with Gasteiger partial charge in [-0.3, -0.25) is 10.2 Å². The van der Waals surface area contributed by atoms with Gasteiger partial charge >= 0.3 is 0 Å². The molecule has 20 heavy (non-hydrogen) atoms. The Bertz CT molecular complexity index is 588. The van der Waals surface area contributed by atoms with Crippen molar-refractivity contribution in [3.8, 4) is 0 Å². The summed E-state index contributed by atoms with van der Waals surface area (Å²) in [6.07, 6.45) is 1.26. The lowest BCUT2D eigenvalue weighted by atomic mass is 9.99. The number of carbonyl (C=O) groups excluding carboxylic acids is 1. The zero-order chi connectivity index (χ0) is 14.8. The van der Waals surface area contributed by atoms with Gasteiger partial charge in [-0.05, 0) is 37.1 Å². The Morgan fingerprint density at radius 3 is 2.60 bits per heavy atom. The largest absolute Gasteiger partial charge is 0.294 e. The number of rotatable bonds is 3. The fourth-order valence-corrected chi connectivity index (χ4v) is 3.90. The molecule has 0 spiro atoms. The third kappa shape index (κ3) is 3.12. The SMILES string of the molecule is NNC(=O)[C@H]1CCCN(S(=O)(=O)c2ccc(Cl)cc2)C1. The molecule has 8 heteroatoms. The molecule has 1 aliphatic heterocycles. The van der Waals surface area contributed by atoms with E-state index in [0.717, 1.165) is 0 Å². The lowest BCUT2D eigenvalue weighted by Crippen LogP contribution is -2.46. The zero-order valence-corrected chi connectivity index (χ0v) is 12.3. The number of sulfonamides is 1.